The third-order valence-electron chi connectivity index (χ3n) is 5.99. The minimum absolute atomic E-state index is 0.0250. The molecule has 174 valence electrons. The number of likely N-dealkylation sites (tertiary alicyclic amines) is 1. The van der Waals surface area contributed by atoms with Gasteiger partial charge in [-0.05, 0) is 36.1 Å². The topological polar surface area (TPSA) is 96.4 Å². The van der Waals surface area contributed by atoms with Gasteiger partial charge in [-0.15, -0.1) is 0 Å². The molecule has 0 aliphatic carbocycles. The van der Waals surface area contributed by atoms with Gasteiger partial charge in [0.2, 0.25) is 5.91 Å². The van der Waals surface area contributed by atoms with Crippen molar-refractivity contribution in [3.05, 3.63) is 64.7 Å². The number of rotatable bonds is 6. The van der Waals surface area contributed by atoms with E-state index < -0.39 is 18.1 Å². The number of amides is 2. The average molecular weight is 473 g/mol. The number of halogens is 1. The normalized spacial score (nSPS) is 18.8. The lowest BCUT2D eigenvalue weighted by Gasteiger charge is -2.37. The lowest BCUT2D eigenvalue weighted by atomic mass is 10.0. The molecule has 0 saturated carbocycles. The molecule has 0 radical (unpaired) electrons. The molecule has 9 heteroatoms. The zero-order chi connectivity index (χ0) is 23.4. The Morgan fingerprint density at radius 2 is 1.82 bits per heavy atom. The van der Waals surface area contributed by atoms with E-state index in [1.807, 2.05) is 30.3 Å². The van der Waals surface area contributed by atoms with E-state index in [2.05, 4.69) is 0 Å². The van der Waals surface area contributed by atoms with Crippen LogP contribution in [0.15, 0.2) is 48.5 Å². The van der Waals surface area contributed by atoms with Gasteiger partial charge in [0.25, 0.3) is 0 Å². The van der Waals surface area contributed by atoms with Crippen LogP contribution in [0, 0.1) is 0 Å². The van der Waals surface area contributed by atoms with Crippen LogP contribution < -0.4 is 0 Å². The summed E-state index contributed by atoms with van der Waals surface area (Å²) in [6, 6.07) is 13.0. The number of hydrogen-bond donors (Lipinski definition) is 1. The monoisotopic (exact) mass is 472 g/mol. The number of phenolic OH excluding ortho intramolecular Hbond substituents is 1. The highest BCUT2D eigenvalue weighted by molar-refractivity contribution is 6.32. The minimum atomic E-state index is -0.785. The SMILES string of the molecule is O=C(OCc1ccccc1)C1COC(=O)N1C1CCN(C(=O)Cc2ccc(O)c(Cl)c2)CC1. The Labute approximate surface area is 196 Å². The standard InChI is InChI=1S/C24H25ClN2O6/c25-19-12-17(6-7-21(19)28)13-22(29)26-10-8-18(9-11-26)27-20(15-33-24(27)31)23(30)32-14-16-4-2-1-3-5-16/h1-7,12,18,20,28H,8-11,13-15H2. The highest BCUT2D eigenvalue weighted by Gasteiger charge is 2.44. The first kappa shape index (κ1) is 22.9. The summed E-state index contributed by atoms with van der Waals surface area (Å²) in [4.78, 5) is 40.9. The van der Waals surface area contributed by atoms with Crippen LogP contribution >= 0.6 is 11.6 Å². The smallest absolute Gasteiger partial charge is 0.410 e. The van der Waals surface area contributed by atoms with Gasteiger partial charge in [0.05, 0.1) is 11.4 Å². The van der Waals surface area contributed by atoms with Gasteiger partial charge in [-0.25, -0.2) is 9.59 Å². The molecular weight excluding hydrogens is 448 g/mol. The second-order valence-electron chi connectivity index (χ2n) is 8.17. The number of ether oxygens (including phenoxy) is 2. The Hall–Kier alpha value is -3.26. The molecular formula is C24H25ClN2O6. The Morgan fingerprint density at radius 3 is 2.52 bits per heavy atom. The van der Waals surface area contributed by atoms with Crippen molar-refractivity contribution in [3.8, 4) is 5.75 Å². The van der Waals surface area contributed by atoms with Crippen LogP contribution in [0.1, 0.15) is 24.0 Å². The molecule has 1 N–H and O–H groups in total. The van der Waals surface area contributed by atoms with E-state index in [1.165, 1.54) is 11.0 Å². The van der Waals surface area contributed by atoms with Crippen LogP contribution in [0.3, 0.4) is 0 Å². The van der Waals surface area contributed by atoms with Gasteiger partial charge in [-0.3, -0.25) is 9.69 Å². The average Bonchev–Trinajstić information content (AvgIpc) is 3.22. The second kappa shape index (κ2) is 10.1. The molecule has 2 heterocycles. The predicted octanol–water partition coefficient (Wildman–Crippen LogP) is 3.14. The van der Waals surface area contributed by atoms with E-state index in [1.54, 1.807) is 17.0 Å². The number of benzene rings is 2. The van der Waals surface area contributed by atoms with Crippen LogP contribution in [0.25, 0.3) is 0 Å². The van der Waals surface area contributed by atoms with E-state index in [0.717, 1.165) is 5.56 Å². The molecule has 2 saturated heterocycles. The van der Waals surface area contributed by atoms with E-state index in [9.17, 15) is 19.5 Å². The summed E-state index contributed by atoms with van der Waals surface area (Å²) in [5.41, 5.74) is 1.58. The van der Waals surface area contributed by atoms with Gasteiger partial charge < -0.3 is 19.5 Å². The number of piperidine rings is 1. The number of phenols is 1. The summed E-state index contributed by atoms with van der Waals surface area (Å²) in [5, 5.41) is 9.74. The summed E-state index contributed by atoms with van der Waals surface area (Å²) < 4.78 is 10.6. The first-order valence-corrected chi connectivity index (χ1v) is 11.2. The first-order chi connectivity index (χ1) is 15.9. The Balaban J connectivity index is 1.31. The van der Waals surface area contributed by atoms with Crippen molar-refractivity contribution in [3.63, 3.8) is 0 Å². The Morgan fingerprint density at radius 1 is 1.09 bits per heavy atom. The molecule has 0 bridgehead atoms. The fourth-order valence-electron chi connectivity index (χ4n) is 4.18. The first-order valence-electron chi connectivity index (χ1n) is 10.8. The number of cyclic esters (lactones) is 1. The molecule has 2 amide bonds. The number of esters is 1. The summed E-state index contributed by atoms with van der Waals surface area (Å²) in [6.45, 7) is 1.02. The molecule has 8 nitrogen and oxygen atoms in total. The maximum atomic E-state index is 12.7. The largest absolute Gasteiger partial charge is 0.506 e. The van der Waals surface area contributed by atoms with Gasteiger partial charge in [0.1, 0.15) is 19.0 Å². The third kappa shape index (κ3) is 5.39. The molecule has 2 aliphatic heterocycles. The molecule has 0 aromatic heterocycles. The quantitative estimate of drug-likeness (QED) is 0.649. The van der Waals surface area contributed by atoms with Crippen LogP contribution in [-0.4, -0.2) is 64.7 Å². The second-order valence-corrected chi connectivity index (χ2v) is 8.57. The molecule has 2 aromatic carbocycles. The van der Waals surface area contributed by atoms with Crippen molar-refractivity contribution in [2.75, 3.05) is 19.7 Å². The molecule has 2 aliphatic rings. The molecule has 4 rings (SSSR count). The molecule has 1 atom stereocenters. The minimum Gasteiger partial charge on any atom is -0.506 e. The molecule has 0 spiro atoms. The Bertz CT molecular complexity index is 1020. The molecule has 2 fully saturated rings. The molecule has 33 heavy (non-hydrogen) atoms. The maximum Gasteiger partial charge on any atom is 0.410 e. The third-order valence-corrected chi connectivity index (χ3v) is 6.29. The summed E-state index contributed by atoms with van der Waals surface area (Å²) >= 11 is 5.92. The Kier molecular flexibility index (Phi) is 7.03. The summed E-state index contributed by atoms with van der Waals surface area (Å²) in [7, 11) is 0. The van der Waals surface area contributed by atoms with Crippen molar-refractivity contribution in [1.29, 1.82) is 0 Å². The van der Waals surface area contributed by atoms with E-state index >= 15 is 0 Å². The number of hydrogen-bond acceptors (Lipinski definition) is 6. The van der Waals surface area contributed by atoms with Gasteiger partial charge in [0, 0.05) is 19.1 Å². The predicted molar refractivity (Wildman–Crippen MR) is 120 cm³/mol. The van der Waals surface area contributed by atoms with Gasteiger partial charge in [-0.2, -0.15) is 0 Å². The van der Waals surface area contributed by atoms with Crippen molar-refractivity contribution in [2.24, 2.45) is 0 Å². The van der Waals surface area contributed by atoms with E-state index in [-0.39, 0.29) is 42.4 Å². The van der Waals surface area contributed by atoms with Crippen LogP contribution in [0.5, 0.6) is 5.75 Å². The van der Waals surface area contributed by atoms with E-state index in [0.29, 0.717) is 31.5 Å². The zero-order valence-corrected chi connectivity index (χ0v) is 18.7. The van der Waals surface area contributed by atoms with Crippen molar-refractivity contribution < 1.29 is 29.0 Å². The van der Waals surface area contributed by atoms with Gasteiger partial charge in [0.15, 0.2) is 6.04 Å². The van der Waals surface area contributed by atoms with Gasteiger partial charge in [-0.1, -0.05) is 48.0 Å². The van der Waals surface area contributed by atoms with E-state index in [4.69, 9.17) is 21.1 Å². The fourth-order valence-corrected chi connectivity index (χ4v) is 4.39. The zero-order valence-electron chi connectivity index (χ0n) is 18.0. The van der Waals surface area contributed by atoms with Crippen LogP contribution in [0.4, 0.5) is 4.79 Å². The van der Waals surface area contributed by atoms with Crippen molar-refractivity contribution in [1.82, 2.24) is 9.80 Å². The van der Waals surface area contributed by atoms with Crippen LogP contribution in [-0.2, 0) is 32.1 Å². The maximum absolute atomic E-state index is 12.7. The molecule has 2 aromatic rings. The fraction of sp³-hybridized carbons (Fsp3) is 0.375. The lowest BCUT2D eigenvalue weighted by molar-refractivity contribution is -0.150. The number of aromatic hydroxyl groups is 1. The number of carbonyl (C=O) groups is 3. The summed E-state index contributed by atoms with van der Waals surface area (Å²) in [6.07, 6.45) is 0.726. The summed E-state index contributed by atoms with van der Waals surface area (Å²) in [5.74, 6) is -0.575. The highest BCUT2D eigenvalue weighted by Crippen LogP contribution is 2.27. The van der Waals surface area contributed by atoms with Crippen molar-refractivity contribution in [2.45, 2.75) is 38.0 Å². The highest BCUT2D eigenvalue weighted by atomic mass is 35.5. The van der Waals surface area contributed by atoms with Gasteiger partial charge >= 0.3 is 12.1 Å². The number of nitrogens with zero attached hydrogens (tertiary/aromatic N) is 2. The number of carbonyl (C=O) groups excluding carboxylic acids is 3. The lowest BCUT2D eigenvalue weighted by Crippen LogP contribution is -2.52. The molecule has 1 unspecified atom stereocenters. The van der Waals surface area contributed by atoms with Crippen LogP contribution in [0.2, 0.25) is 5.02 Å². The van der Waals surface area contributed by atoms with Crippen molar-refractivity contribution >= 4 is 29.6 Å².